The number of azide groups is 1. The molecule has 1 amide bonds. The third kappa shape index (κ3) is 4.88. The highest BCUT2D eigenvalue weighted by atomic mass is 28.4. The van der Waals surface area contributed by atoms with E-state index >= 15 is 0 Å². The first kappa shape index (κ1) is 21.8. The average Bonchev–Trinajstić information content (AvgIpc) is 2.76. The molecule has 1 rings (SSSR count). The molecule has 1 fully saturated rings. The standard InChI is InChI=1S/C16H32N4O4Si/c1-11(9-18-19-17)13(24-25(7,8)15(2,3)4)12-10-23-16(5,6)20(12)14(21)22/h11-13H,9-10H2,1-8H3,(H,21,22)/t11-,12-,13-/m1/s1. The quantitative estimate of drug-likeness (QED) is 0.322. The maximum absolute atomic E-state index is 11.9. The highest BCUT2D eigenvalue weighted by molar-refractivity contribution is 6.74. The van der Waals surface area contributed by atoms with E-state index in [0.29, 0.717) is 0 Å². The summed E-state index contributed by atoms with van der Waals surface area (Å²) in [6.07, 6.45) is -1.43. The van der Waals surface area contributed by atoms with Crippen molar-refractivity contribution >= 4 is 14.4 Å². The first-order valence-corrected chi connectivity index (χ1v) is 11.5. The average molecular weight is 373 g/mol. The molecule has 9 heteroatoms. The van der Waals surface area contributed by atoms with E-state index in [-0.39, 0.29) is 24.1 Å². The van der Waals surface area contributed by atoms with Crippen LogP contribution in [-0.4, -0.2) is 55.4 Å². The Morgan fingerprint density at radius 2 is 2.08 bits per heavy atom. The summed E-state index contributed by atoms with van der Waals surface area (Å²) in [6.45, 7) is 16.6. The van der Waals surface area contributed by atoms with Crippen molar-refractivity contribution in [2.24, 2.45) is 11.0 Å². The summed E-state index contributed by atoms with van der Waals surface area (Å²) >= 11 is 0. The highest BCUT2D eigenvalue weighted by Gasteiger charge is 2.51. The molecule has 1 aliphatic heterocycles. The lowest BCUT2D eigenvalue weighted by Gasteiger charge is -2.44. The Kier molecular flexibility index (Phi) is 6.55. The third-order valence-electron chi connectivity index (χ3n) is 5.34. The minimum absolute atomic E-state index is 0.0213. The summed E-state index contributed by atoms with van der Waals surface area (Å²) < 4.78 is 12.3. The van der Waals surface area contributed by atoms with E-state index in [1.54, 1.807) is 13.8 Å². The predicted molar refractivity (Wildman–Crippen MR) is 98.9 cm³/mol. The van der Waals surface area contributed by atoms with Gasteiger partial charge in [-0.05, 0) is 43.4 Å². The topological polar surface area (TPSA) is 108 Å². The number of amides is 1. The van der Waals surface area contributed by atoms with Crippen LogP contribution < -0.4 is 0 Å². The second-order valence-corrected chi connectivity index (χ2v) is 13.5. The summed E-state index contributed by atoms with van der Waals surface area (Å²) in [5.74, 6) is -0.130. The Labute approximate surface area is 151 Å². The molecule has 1 heterocycles. The summed E-state index contributed by atoms with van der Waals surface area (Å²) in [5.41, 5.74) is 7.73. The number of rotatable bonds is 6. The van der Waals surface area contributed by atoms with Crippen LogP contribution in [0.1, 0.15) is 41.5 Å². The van der Waals surface area contributed by atoms with E-state index in [1.807, 2.05) is 6.92 Å². The van der Waals surface area contributed by atoms with Gasteiger partial charge in [-0.15, -0.1) is 0 Å². The maximum atomic E-state index is 11.9. The molecule has 0 saturated carbocycles. The molecule has 3 atom stereocenters. The van der Waals surface area contributed by atoms with Crippen molar-refractivity contribution < 1.29 is 19.1 Å². The third-order valence-corrected chi connectivity index (χ3v) is 9.81. The summed E-state index contributed by atoms with van der Waals surface area (Å²) in [5, 5.41) is 13.4. The fourth-order valence-electron chi connectivity index (χ4n) is 2.81. The molecule has 0 aliphatic carbocycles. The van der Waals surface area contributed by atoms with Crippen molar-refractivity contribution in [1.29, 1.82) is 0 Å². The Hall–Kier alpha value is -1.28. The van der Waals surface area contributed by atoms with Crippen molar-refractivity contribution in [1.82, 2.24) is 4.90 Å². The molecule has 25 heavy (non-hydrogen) atoms. The fourth-order valence-corrected chi connectivity index (χ4v) is 4.23. The van der Waals surface area contributed by atoms with E-state index in [9.17, 15) is 9.90 Å². The van der Waals surface area contributed by atoms with Gasteiger partial charge in [0.05, 0.1) is 18.8 Å². The van der Waals surface area contributed by atoms with E-state index in [1.165, 1.54) is 4.90 Å². The van der Waals surface area contributed by atoms with Crippen LogP contribution in [0.15, 0.2) is 5.11 Å². The molecule has 0 spiro atoms. The highest BCUT2D eigenvalue weighted by Crippen LogP contribution is 2.40. The zero-order chi connectivity index (χ0) is 19.6. The van der Waals surface area contributed by atoms with Crippen LogP contribution in [0.5, 0.6) is 0 Å². The van der Waals surface area contributed by atoms with Gasteiger partial charge in [-0.3, -0.25) is 4.90 Å². The maximum Gasteiger partial charge on any atom is 0.409 e. The van der Waals surface area contributed by atoms with E-state index in [0.717, 1.165) is 0 Å². The lowest BCUT2D eigenvalue weighted by molar-refractivity contribution is -0.0479. The van der Waals surface area contributed by atoms with Crippen molar-refractivity contribution in [3.05, 3.63) is 10.4 Å². The van der Waals surface area contributed by atoms with Gasteiger partial charge in [0.25, 0.3) is 0 Å². The number of hydrogen-bond donors (Lipinski definition) is 1. The minimum Gasteiger partial charge on any atom is -0.465 e. The summed E-state index contributed by atoms with van der Waals surface area (Å²) in [4.78, 5) is 16.0. The molecule has 144 valence electrons. The van der Waals surface area contributed by atoms with Gasteiger partial charge in [0.2, 0.25) is 0 Å². The zero-order valence-electron chi connectivity index (χ0n) is 16.6. The van der Waals surface area contributed by atoms with Gasteiger partial charge < -0.3 is 14.3 Å². The Bertz CT molecular complexity index is 541. The van der Waals surface area contributed by atoms with Gasteiger partial charge >= 0.3 is 6.09 Å². The van der Waals surface area contributed by atoms with Crippen LogP contribution in [-0.2, 0) is 9.16 Å². The van der Waals surface area contributed by atoms with Crippen LogP contribution in [0.25, 0.3) is 10.4 Å². The molecule has 1 saturated heterocycles. The van der Waals surface area contributed by atoms with Crippen LogP contribution in [0.2, 0.25) is 18.1 Å². The number of carbonyl (C=O) groups is 1. The Morgan fingerprint density at radius 1 is 1.52 bits per heavy atom. The second kappa shape index (κ2) is 7.53. The molecule has 1 N–H and O–H groups in total. The molecule has 0 unspecified atom stereocenters. The van der Waals surface area contributed by atoms with Crippen molar-refractivity contribution in [2.75, 3.05) is 13.2 Å². The number of hydrogen-bond acceptors (Lipinski definition) is 4. The molecular formula is C16H32N4O4Si. The molecule has 0 aromatic heterocycles. The van der Waals surface area contributed by atoms with Gasteiger partial charge in [-0.2, -0.15) is 0 Å². The number of nitrogens with zero attached hydrogens (tertiary/aromatic N) is 4. The van der Waals surface area contributed by atoms with Crippen LogP contribution in [0, 0.1) is 5.92 Å². The normalized spacial score (nSPS) is 23.0. The van der Waals surface area contributed by atoms with Gasteiger partial charge in [-0.25, -0.2) is 4.79 Å². The van der Waals surface area contributed by atoms with E-state index in [2.05, 4.69) is 43.9 Å². The fraction of sp³-hybridized carbons (Fsp3) is 0.938. The van der Waals surface area contributed by atoms with Gasteiger partial charge in [0.15, 0.2) is 8.32 Å². The van der Waals surface area contributed by atoms with Gasteiger partial charge in [0.1, 0.15) is 5.72 Å². The van der Waals surface area contributed by atoms with E-state index in [4.69, 9.17) is 14.7 Å². The first-order valence-electron chi connectivity index (χ1n) is 8.59. The Balaban J connectivity index is 3.23. The number of ether oxygens (including phenoxy) is 1. The van der Waals surface area contributed by atoms with Gasteiger partial charge in [0, 0.05) is 11.5 Å². The molecule has 0 bridgehead atoms. The van der Waals surface area contributed by atoms with Crippen LogP contribution >= 0.6 is 0 Å². The molecule has 0 aromatic rings. The lowest BCUT2D eigenvalue weighted by atomic mass is 9.97. The molecule has 0 aromatic carbocycles. The zero-order valence-corrected chi connectivity index (χ0v) is 17.6. The van der Waals surface area contributed by atoms with Crippen molar-refractivity contribution in [2.45, 2.75) is 77.5 Å². The van der Waals surface area contributed by atoms with Crippen LogP contribution in [0.3, 0.4) is 0 Å². The predicted octanol–water partition coefficient (Wildman–Crippen LogP) is 4.44. The number of carboxylic acid groups (broad SMARTS) is 1. The smallest absolute Gasteiger partial charge is 0.409 e. The molecule has 8 nitrogen and oxygen atoms in total. The van der Waals surface area contributed by atoms with Crippen molar-refractivity contribution in [3.8, 4) is 0 Å². The second-order valence-electron chi connectivity index (χ2n) is 8.71. The SMILES string of the molecule is C[C@H](CN=[N+]=[N-])[C@@H](O[Si](C)(C)C(C)(C)C)[C@H]1COC(C)(C)N1C(=O)O. The molecule has 0 radical (unpaired) electrons. The Morgan fingerprint density at radius 3 is 2.52 bits per heavy atom. The van der Waals surface area contributed by atoms with E-state index < -0.39 is 32.3 Å². The van der Waals surface area contributed by atoms with Gasteiger partial charge in [-0.1, -0.05) is 32.8 Å². The lowest BCUT2D eigenvalue weighted by Crippen LogP contribution is -2.57. The summed E-state index contributed by atoms with van der Waals surface area (Å²) in [7, 11) is -2.16. The minimum atomic E-state index is -2.16. The largest absolute Gasteiger partial charge is 0.465 e. The van der Waals surface area contributed by atoms with Crippen LogP contribution in [0.4, 0.5) is 4.79 Å². The molecular weight excluding hydrogens is 340 g/mol. The monoisotopic (exact) mass is 372 g/mol. The van der Waals surface area contributed by atoms with Crippen molar-refractivity contribution in [3.63, 3.8) is 0 Å². The summed E-state index contributed by atoms with van der Waals surface area (Å²) in [6, 6.07) is -0.439. The first-order chi connectivity index (χ1) is 11.2. The molecule has 1 aliphatic rings.